The molecular weight excluding hydrogens is 424 g/mol. The van der Waals surface area contributed by atoms with E-state index >= 15 is 0 Å². The molecule has 0 saturated carbocycles. The van der Waals surface area contributed by atoms with Crippen LogP contribution < -0.4 is 10.9 Å². The highest BCUT2D eigenvalue weighted by Crippen LogP contribution is 2.43. The predicted octanol–water partition coefficient (Wildman–Crippen LogP) is -0.290. The van der Waals surface area contributed by atoms with E-state index in [0.717, 1.165) is 35.3 Å². The fourth-order valence-corrected chi connectivity index (χ4v) is 4.85. The number of amides is 2. The summed E-state index contributed by atoms with van der Waals surface area (Å²) in [6, 6.07) is -0.261. The lowest BCUT2D eigenvalue weighted by molar-refractivity contribution is 0.0190. The maximum atomic E-state index is 13.4. The molecule has 2 saturated heterocycles. The third-order valence-electron chi connectivity index (χ3n) is 6.06. The summed E-state index contributed by atoms with van der Waals surface area (Å²) in [6.45, 7) is 2.02. The molecule has 3 aromatic rings. The molecule has 0 aliphatic carbocycles. The second-order valence-corrected chi connectivity index (χ2v) is 8.51. The van der Waals surface area contributed by atoms with Crippen LogP contribution in [0, 0.1) is 5.41 Å². The van der Waals surface area contributed by atoms with Gasteiger partial charge in [0, 0.05) is 43.9 Å². The Labute approximate surface area is 179 Å². The van der Waals surface area contributed by atoms with E-state index in [4.69, 9.17) is 4.74 Å². The summed E-state index contributed by atoms with van der Waals surface area (Å²) in [5.74, 6) is -0.543. The standard InChI is InChI=1S/C18H20N8O4S/c27-14(13-8-31-24-23-13)19-6-11-5-18(1-3-30-4-2-18)9-25(11)15(28)12-7-20-17-21-10-22-26(17)16(12)29/h7-8,10-11H,1-6,9H2,(H,19,27)(H,20,21,22). The molecule has 31 heavy (non-hydrogen) atoms. The van der Waals surface area contributed by atoms with Crippen LogP contribution in [-0.2, 0) is 4.74 Å². The average Bonchev–Trinajstić information content (AvgIpc) is 3.53. The summed E-state index contributed by atoms with van der Waals surface area (Å²) in [7, 11) is 0. The first kappa shape index (κ1) is 19.8. The van der Waals surface area contributed by atoms with Gasteiger partial charge in [-0.05, 0) is 36.2 Å². The summed E-state index contributed by atoms with van der Waals surface area (Å²) in [5.41, 5.74) is -0.385. The number of hydrogen-bond acceptors (Lipinski definition) is 9. The third-order valence-corrected chi connectivity index (χ3v) is 6.56. The Morgan fingerprint density at radius 2 is 2.16 bits per heavy atom. The van der Waals surface area contributed by atoms with E-state index in [2.05, 4.69) is 30.0 Å². The van der Waals surface area contributed by atoms with Gasteiger partial charge in [0.1, 0.15) is 11.9 Å². The number of nitrogens with one attached hydrogen (secondary N) is 2. The van der Waals surface area contributed by atoms with Crippen molar-refractivity contribution < 1.29 is 14.3 Å². The van der Waals surface area contributed by atoms with Gasteiger partial charge in [0.05, 0.1) is 0 Å². The Morgan fingerprint density at radius 3 is 2.94 bits per heavy atom. The molecule has 1 spiro atoms. The molecule has 5 heterocycles. The first-order valence-electron chi connectivity index (χ1n) is 9.91. The fraction of sp³-hybridized carbons (Fsp3) is 0.500. The van der Waals surface area contributed by atoms with Gasteiger partial charge in [-0.1, -0.05) is 4.49 Å². The average molecular weight is 444 g/mol. The van der Waals surface area contributed by atoms with Crippen LogP contribution in [0.15, 0.2) is 22.7 Å². The Kier molecular flexibility index (Phi) is 4.98. The van der Waals surface area contributed by atoms with Crippen molar-refractivity contribution >= 4 is 29.1 Å². The smallest absolute Gasteiger partial charge is 0.286 e. The minimum absolute atomic E-state index is 0.0362. The Bertz CT molecular complexity index is 1170. The maximum absolute atomic E-state index is 13.4. The molecule has 12 nitrogen and oxygen atoms in total. The van der Waals surface area contributed by atoms with Crippen LogP contribution in [-0.4, -0.2) is 78.2 Å². The van der Waals surface area contributed by atoms with Crippen molar-refractivity contribution in [3.05, 3.63) is 39.5 Å². The third kappa shape index (κ3) is 3.59. The molecule has 2 aliphatic heterocycles. The summed E-state index contributed by atoms with van der Waals surface area (Å²) in [6.07, 6.45) is 4.99. The lowest BCUT2D eigenvalue weighted by Crippen LogP contribution is -2.45. The number of aromatic amines is 1. The molecule has 162 valence electrons. The van der Waals surface area contributed by atoms with E-state index in [1.807, 2.05) is 0 Å². The van der Waals surface area contributed by atoms with E-state index in [1.54, 1.807) is 10.3 Å². The zero-order valence-corrected chi connectivity index (χ0v) is 17.3. The summed E-state index contributed by atoms with van der Waals surface area (Å²) < 4.78 is 10.4. The van der Waals surface area contributed by atoms with E-state index in [9.17, 15) is 14.4 Å². The number of carbonyl (C=O) groups is 2. The van der Waals surface area contributed by atoms with Crippen molar-refractivity contribution in [1.29, 1.82) is 0 Å². The molecule has 2 N–H and O–H groups in total. The van der Waals surface area contributed by atoms with Crippen molar-refractivity contribution in [2.45, 2.75) is 25.3 Å². The van der Waals surface area contributed by atoms with Crippen LogP contribution in [0.5, 0.6) is 0 Å². The van der Waals surface area contributed by atoms with Gasteiger partial charge in [-0.3, -0.25) is 19.5 Å². The summed E-state index contributed by atoms with van der Waals surface area (Å²) in [4.78, 5) is 48.3. The molecule has 0 radical (unpaired) electrons. The van der Waals surface area contributed by atoms with Crippen LogP contribution >= 0.6 is 11.5 Å². The van der Waals surface area contributed by atoms with E-state index in [1.165, 1.54) is 12.5 Å². The topological polar surface area (TPSA) is 147 Å². The lowest BCUT2D eigenvalue weighted by atomic mass is 9.78. The highest BCUT2D eigenvalue weighted by Gasteiger charge is 2.47. The molecule has 0 aromatic carbocycles. The quantitative estimate of drug-likeness (QED) is 0.558. The number of aromatic nitrogens is 6. The molecule has 0 bridgehead atoms. The van der Waals surface area contributed by atoms with Gasteiger partial charge in [0.15, 0.2) is 5.69 Å². The summed E-state index contributed by atoms with van der Waals surface area (Å²) >= 11 is 1.10. The molecular formula is C18H20N8O4S. The summed E-state index contributed by atoms with van der Waals surface area (Å²) in [5, 5.41) is 10.9. The minimum Gasteiger partial charge on any atom is -0.381 e. The SMILES string of the molecule is O=C(NCC1CC2(CCOCC2)CN1C(=O)c1cnc2nc[nH]n2c1=O)c1csnn1. The zero-order valence-electron chi connectivity index (χ0n) is 16.5. The van der Waals surface area contributed by atoms with Crippen LogP contribution in [0.3, 0.4) is 0 Å². The lowest BCUT2D eigenvalue weighted by Gasteiger charge is -2.32. The van der Waals surface area contributed by atoms with Gasteiger partial charge in [-0.15, -0.1) is 5.10 Å². The number of H-pyrrole nitrogens is 1. The highest BCUT2D eigenvalue weighted by molar-refractivity contribution is 7.03. The number of fused-ring (bicyclic) bond motifs is 1. The number of hydrogen-bond donors (Lipinski definition) is 2. The number of carbonyl (C=O) groups excluding carboxylic acids is 2. The largest absolute Gasteiger partial charge is 0.381 e. The molecule has 1 atom stereocenters. The Balaban J connectivity index is 1.41. The Hall–Kier alpha value is -3.19. The van der Waals surface area contributed by atoms with Crippen molar-refractivity contribution in [2.24, 2.45) is 5.41 Å². The molecule has 5 rings (SSSR count). The number of nitrogens with zero attached hydrogens (tertiary/aromatic N) is 6. The van der Waals surface area contributed by atoms with Crippen LogP contribution in [0.1, 0.15) is 40.1 Å². The maximum Gasteiger partial charge on any atom is 0.286 e. The van der Waals surface area contributed by atoms with Gasteiger partial charge < -0.3 is 15.0 Å². The highest BCUT2D eigenvalue weighted by atomic mass is 32.1. The van der Waals surface area contributed by atoms with E-state index in [-0.39, 0.29) is 40.9 Å². The van der Waals surface area contributed by atoms with Gasteiger partial charge in [-0.2, -0.15) is 4.52 Å². The van der Waals surface area contributed by atoms with E-state index < -0.39 is 11.5 Å². The molecule has 2 aliphatic rings. The van der Waals surface area contributed by atoms with Gasteiger partial charge in [-0.25, -0.2) is 9.97 Å². The predicted molar refractivity (Wildman–Crippen MR) is 108 cm³/mol. The van der Waals surface area contributed by atoms with Crippen molar-refractivity contribution in [3.63, 3.8) is 0 Å². The van der Waals surface area contributed by atoms with E-state index in [0.29, 0.717) is 19.8 Å². The number of likely N-dealkylation sites (tertiary alicyclic amines) is 1. The Morgan fingerprint density at radius 1 is 1.32 bits per heavy atom. The van der Waals surface area contributed by atoms with Gasteiger partial charge in [0.2, 0.25) is 0 Å². The van der Waals surface area contributed by atoms with Crippen LogP contribution in [0.4, 0.5) is 0 Å². The second kappa shape index (κ2) is 7.81. The number of ether oxygens (including phenoxy) is 1. The molecule has 3 aromatic heterocycles. The molecule has 2 fully saturated rings. The van der Waals surface area contributed by atoms with Crippen molar-refractivity contribution in [2.75, 3.05) is 26.3 Å². The van der Waals surface area contributed by atoms with Gasteiger partial charge >= 0.3 is 0 Å². The number of rotatable bonds is 4. The van der Waals surface area contributed by atoms with Crippen LogP contribution in [0.25, 0.3) is 5.78 Å². The van der Waals surface area contributed by atoms with Crippen LogP contribution in [0.2, 0.25) is 0 Å². The first-order valence-corrected chi connectivity index (χ1v) is 10.8. The fourth-order valence-electron chi connectivity index (χ4n) is 4.42. The molecule has 1 unspecified atom stereocenters. The van der Waals surface area contributed by atoms with Gasteiger partial charge in [0.25, 0.3) is 23.2 Å². The molecule has 2 amide bonds. The second-order valence-electron chi connectivity index (χ2n) is 7.90. The zero-order chi connectivity index (χ0) is 21.4. The minimum atomic E-state index is -0.503. The normalized spacial score (nSPS) is 20.4. The van der Waals surface area contributed by atoms with Crippen molar-refractivity contribution in [3.8, 4) is 0 Å². The molecule has 13 heteroatoms. The van der Waals surface area contributed by atoms with Crippen molar-refractivity contribution in [1.82, 2.24) is 39.4 Å². The monoisotopic (exact) mass is 444 g/mol. The first-order chi connectivity index (χ1) is 15.1.